The van der Waals surface area contributed by atoms with Crippen molar-refractivity contribution in [1.29, 1.82) is 0 Å². The third kappa shape index (κ3) is 3.19. The zero-order chi connectivity index (χ0) is 12.3. The van der Waals surface area contributed by atoms with Crippen LogP contribution in [0.3, 0.4) is 0 Å². The predicted molar refractivity (Wildman–Crippen MR) is 68.5 cm³/mol. The van der Waals surface area contributed by atoms with Gasteiger partial charge in [-0.3, -0.25) is 4.90 Å². The molecule has 6 heteroatoms. The van der Waals surface area contributed by atoms with Crippen molar-refractivity contribution >= 4 is 10.0 Å². The first-order chi connectivity index (χ1) is 8.13. The lowest BCUT2D eigenvalue weighted by Gasteiger charge is -2.28. The van der Waals surface area contributed by atoms with E-state index in [1.807, 2.05) is 0 Å². The highest BCUT2D eigenvalue weighted by Crippen LogP contribution is 2.19. The van der Waals surface area contributed by atoms with Crippen molar-refractivity contribution in [2.75, 3.05) is 45.0 Å². The molecule has 0 amide bonds. The van der Waals surface area contributed by atoms with Gasteiger partial charge in [0.2, 0.25) is 10.0 Å². The van der Waals surface area contributed by atoms with Gasteiger partial charge < -0.3 is 5.32 Å². The van der Waals surface area contributed by atoms with Gasteiger partial charge in [-0.2, -0.15) is 4.31 Å². The van der Waals surface area contributed by atoms with Crippen molar-refractivity contribution < 1.29 is 8.42 Å². The molecule has 1 N–H and O–H groups in total. The average molecular weight is 261 g/mol. The van der Waals surface area contributed by atoms with Gasteiger partial charge in [-0.1, -0.05) is 6.92 Å². The average Bonchev–Trinajstić information content (AvgIpc) is 2.67. The van der Waals surface area contributed by atoms with Crippen LogP contribution in [0, 0.1) is 0 Å². The smallest absolute Gasteiger partial charge is 0.215 e. The van der Waals surface area contributed by atoms with E-state index >= 15 is 0 Å². The molecule has 0 aromatic heterocycles. The molecule has 17 heavy (non-hydrogen) atoms. The summed E-state index contributed by atoms with van der Waals surface area (Å²) in [5, 5.41) is 3.15. The molecule has 2 aliphatic heterocycles. The molecule has 0 radical (unpaired) electrons. The molecule has 0 aromatic rings. The van der Waals surface area contributed by atoms with Gasteiger partial charge >= 0.3 is 0 Å². The SMILES string of the molecule is CCN1CCCC1CN1CCNCCS1(=O)=O. The minimum atomic E-state index is -3.03. The van der Waals surface area contributed by atoms with E-state index in [-0.39, 0.29) is 5.75 Å². The van der Waals surface area contributed by atoms with Crippen LogP contribution < -0.4 is 5.32 Å². The minimum Gasteiger partial charge on any atom is -0.314 e. The number of likely N-dealkylation sites (N-methyl/N-ethyl adjacent to an activating group) is 1. The number of nitrogens with zero attached hydrogens (tertiary/aromatic N) is 2. The van der Waals surface area contributed by atoms with Crippen molar-refractivity contribution in [3.63, 3.8) is 0 Å². The lowest BCUT2D eigenvalue weighted by atomic mass is 10.2. The van der Waals surface area contributed by atoms with Crippen LogP contribution >= 0.6 is 0 Å². The Balaban J connectivity index is 2.00. The summed E-state index contributed by atoms with van der Waals surface area (Å²) in [5.74, 6) is 0.242. The summed E-state index contributed by atoms with van der Waals surface area (Å²) in [6, 6.07) is 0.424. The monoisotopic (exact) mass is 261 g/mol. The third-order valence-corrected chi connectivity index (χ3v) is 5.63. The van der Waals surface area contributed by atoms with E-state index in [0.717, 1.165) is 26.1 Å². The second-order valence-electron chi connectivity index (χ2n) is 4.85. The molecular formula is C11H23N3O2S. The summed E-state index contributed by atoms with van der Waals surface area (Å²) in [4.78, 5) is 2.40. The maximum Gasteiger partial charge on any atom is 0.215 e. The van der Waals surface area contributed by atoms with Crippen LogP contribution in [0.1, 0.15) is 19.8 Å². The fourth-order valence-corrected chi connectivity index (χ4v) is 4.19. The summed E-state index contributed by atoms with van der Waals surface area (Å²) in [5.41, 5.74) is 0. The van der Waals surface area contributed by atoms with Gasteiger partial charge in [0.1, 0.15) is 0 Å². The Morgan fingerprint density at radius 3 is 2.88 bits per heavy atom. The molecule has 1 atom stereocenters. The van der Waals surface area contributed by atoms with Gasteiger partial charge in [-0.15, -0.1) is 0 Å². The van der Waals surface area contributed by atoms with Gasteiger partial charge in [-0.25, -0.2) is 8.42 Å². The largest absolute Gasteiger partial charge is 0.314 e. The molecule has 100 valence electrons. The van der Waals surface area contributed by atoms with E-state index in [1.165, 1.54) is 6.42 Å². The number of rotatable bonds is 3. The molecule has 5 nitrogen and oxygen atoms in total. The van der Waals surface area contributed by atoms with Gasteiger partial charge in [-0.05, 0) is 25.9 Å². The molecule has 2 saturated heterocycles. The number of likely N-dealkylation sites (tertiary alicyclic amines) is 1. The molecule has 0 bridgehead atoms. The Morgan fingerprint density at radius 2 is 2.12 bits per heavy atom. The van der Waals surface area contributed by atoms with Crippen molar-refractivity contribution in [3.8, 4) is 0 Å². The number of sulfonamides is 1. The second kappa shape index (κ2) is 5.65. The first kappa shape index (κ1) is 13.3. The number of hydrogen-bond donors (Lipinski definition) is 1. The van der Waals surface area contributed by atoms with Crippen molar-refractivity contribution in [1.82, 2.24) is 14.5 Å². The van der Waals surface area contributed by atoms with E-state index < -0.39 is 10.0 Å². The first-order valence-corrected chi connectivity index (χ1v) is 8.17. The molecule has 0 spiro atoms. The van der Waals surface area contributed by atoms with Crippen LogP contribution in [-0.4, -0.2) is 68.7 Å². The number of hydrogen-bond acceptors (Lipinski definition) is 4. The fourth-order valence-electron chi connectivity index (χ4n) is 2.76. The Morgan fingerprint density at radius 1 is 1.29 bits per heavy atom. The van der Waals surface area contributed by atoms with Gasteiger partial charge in [0.05, 0.1) is 5.75 Å². The fraction of sp³-hybridized carbons (Fsp3) is 1.00. The second-order valence-corrected chi connectivity index (χ2v) is 6.94. The van der Waals surface area contributed by atoms with Crippen LogP contribution in [0.15, 0.2) is 0 Å². The summed E-state index contributed by atoms with van der Waals surface area (Å²) in [7, 11) is -3.03. The van der Waals surface area contributed by atoms with Crippen LogP contribution in [-0.2, 0) is 10.0 Å². The lowest BCUT2D eigenvalue weighted by Crippen LogP contribution is -2.44. The quantitative estimate of drug-likeness (QED) is 0.758. The zero-order valence-electron chi connectivity index (χ0n) is 10.6. The highest BCUT2D eigenvalue weighted by molar-refractivity contribution is 7.89. The Labute approximate surface area is 104 Å². The van der Waals surface area contributed by atoms with E-state index in [9.17, 15) is 8.42 Å². The molecular weight excluding hydrogens is 238 g/mol. The standard InChI is InChI=1S/C11H23N3O2S/c1-2-13-7-3-4-11(13)10-14-8-5-12-6-9-17(14,15)16/h11-12H,2-10H2,1H3. The Kier molecular flexibility index (Phi) is 4.41. The van der Waals surface area contributed by atoms with Gasteiger partial charge in [0, 0.05) is 32.2 Å². The summed E-state index contributed by atoms with van der Waals surface area (Å²) in [6.45, 7) is 6.95. The lowest BCUT2D eigenvalue weighted by molar-refractivity contribution is 0.228. The molecule has 0 aromatic carbocycles. The first-order valence-electron chi connectivity index (χ1n) is 6.56. The van der Waals surface area contributed by atoms with Crippen molar-refractivity contribution in [2.45, 2.75) is 25.8 Å². The summed E-state index contributed by atoms with van der Waals surface area (Å²) >= 11 is 0. The molecule has 0 aliphatic carbocycles. The maximum absolute atomic E-state index is 12.1. The highest BCUT2D eigenvalue weighted by Gasteiger charge is 2.30. The third-order valence-electron chi connectivity index (χ3n) is 3.79. The highest BCUT2D eigenvalue weighted by atomic mass is 32.2. The van der Waals surface area contributed by atoms with E-state index in [1.54, 1.807) is 4.31 Å². The molecule has 2 fully saturated rings. The van der Waals surface area contributed by atoms with Crippen molar-refractivity contribution in [2.24, 2.45) is 0 Å². The van der Waals surface area contributed by atoms with E-state index in [4.69, 9.17) is 0 Å². The zero-order valence-corrected chi connectivity index (χ0v) is 11.4. The van der Waals surface area contributed by atoms with Crippen LogP contribution in [0.5, 0.6) is 0 Å². The molecule has 2 aliphatic rings. The molecule has 2 rings (SSSR count). The minimum absolute atomic E-state index is 0.242. The van der Waals surface area contributed by atoms with Gasteiger partial charge in [0.25, 0.3) is 0 Å². The van der Waals surface area contributed by atoms with Gasteiger partial charge in [0.15, 0.2) is 0 Å². The Hall–Kier alpha value is -0.170. The topological polar surface area (TPSA) is 52.6 Å². The number of nitrogens with one attached hydrogen (secondary N) is 1. The summed E-state index contributed by atoms with van der Waals surface area (Å²) < 4.78 is 25.8. The Bertz CT molecular complexity index is 345. The molecule has 0 saturated carbocycles. The molecule has 1 unspecified atom stereocenters. The summed E-state index contributed by atoms with van der Waals surface area (Å²) in [6.07, 6.45) is 2.33. The maximum atomic E-state index is 12.1. The van der Waals surface area contributed by atoms with E-state index in [0.29, 0.717) is 25.7 Å². The van der Waals surface area contributed by atoms with Crippen LogP contribution in [0.25, 0.3) is 0 Å². The molecule has 2 heterocycles. The normalized spacial score (nSPS) is 31.5. The predicted octanol–water partition coefficient (Wildman–Crippen LogP) is -0.294. The van der Waals surface area contributed by atoms with Crippen LogP contribution in [0.4, 0.5) is 0 Å². The van der Waals surface area contributed by atoms with E-state index in [2.05, 4.69) is 17.1 Å². The van der Waals surface area contributed by atoms with Crippen molar-refractivity contribution in [3.05, 3.63) is 0 Å². The van der Waals surface area contributed by atoms with Crippen LogP contribution in [0.2, 0.25) is 0 Å².